The fourth-order valence-corrected chi connectivity index (χ4v) is 7.92. The van der Waals surface area contributed by atoms with Crippen LogP contribution in [0.25, 0.3) is 0 Å². The third-order valence-electron chi connectivity index (χ3n) is 11.9. The van der Waals surface area contributed by atoms with E-state index in [1.807, 2.05) is 0 Å². The van der Waals surface area contributed by atoms with Gasteiger partial charge in [0.1, 0.15) is 13.2 Å². The Labute approximate surface area is 361 Å². The highest BCUT2D eigenvalue weighted by Gasteiger charge is 2.19. The predicted molar refractivity (Wildman–Crippen MR) is 247 cm³/mol. The monoisotopic (exact) mass is 821 g/mol. The summed E-state index contributed by atoms with van der Waals surface area (Å²) in [4.78, 5) is 37.8. The summed E-state index contributed by atoms with van der Waals surface area (Å²) in [6.45, 7) is 6.66. The minimum Gasteiger partial charge on any atom is -0.462 e. The Morgan fingerprint density at radius 1 is 0.276 bits per heavy atom. The molecule has 0 aromatic carbocycles. The maximum Gasteiger partial charge on any atom is 0.306 e. The van der Waals surface area contributed by atoms with Gasteiger partial charge in [0.15, 0.2) is 6.10 Å². The van der Waals surface area contributed by atoms with Crippen molar-refractivity contribution in [3.05, 3.63) is 0 Å². The topological polar surface area (TPSA) is 78.9 Å². The quantitative estimate of drug-likeness (QED) is 0.0346. The number of rotatable bonds is 48. The van der Waals surface area contributed by atoms with Crippen molar-refractivity contribution in [3.63, 3.8) is 0 Å². The highest BCUT2D eigenvalue weighted by atomic mass is 16.6. The van der Waals surface area contributed by atoms with Gasteiger partial charge in [0, 0.05) is 19.3 Å². The van der Waals surface area contributed by atoms with E-state index >= 15 is 0 Å². The van der Waals surface area contributed by atoms with E-state index in [1.165, 1.54) is 199 Å². The zero-order valence-electron chi connectivity index (χ0n) is 39.3. The van der Waals surface area contributed by atoms with Gasteiger partial charge >= 0.3 is 17.9 Å². The van der Waals surface area contributed by atoms with Crippen molar-refractivity contribution in [1.82, 2.24) is 0 Å². The van der Waals surface area contributed by atoms with E-state index in [0.717, 1.165) is 57.8 Å². The zero-order chi connectivity index (χ0) is 42.3. The molecule has 0 aromatic heterocycles. The first-order valence-electron chi connectivity index (χ1n) is 26.0. The molecule has 0 aromatic rings. The van der Waals surface area contributed by atoms with E-state index in [9.17, 15) is 14.4 Å². The van der Waals surface area contributed by atoms with Crippen molar-refractivity contribution >= 4 is 17.9 Å². The number of ether oxygens (including phenoxy) is 3. The number of carbonyl (C=O) groups excluding carboxylic acids is 3. The van der Waals surface area contributed by atoms with E-state index in [-0.39, 0.29) is 31.1 Å². The Bertz CT molecular complexity index is 859. The molecule has 0 fully saturated rings. The van der Waals surface area contributed by atoms with E-state index < -0.39 is 6.10 Å². The average molecular weight is 821 g/mol. The van der Waals surface area contributed by atoms with E-state index in [4.69, 9.17) is 14.2 Å². The van der Waals surface area contributed by atoms with Gasteiger partial charge in [-0.05, 0) is 19.3 Å². The third-order valence-corrected chi connectivity index (χ3v) is 11.9. The molecule has 0 amide bonds. The van der Waals surface area contributed by atoms with E-state index in [1.54, 1.807) is 0 Å². The van der Waals surface area contributed by atoms with Gasteiger partial charge in [0.2, 0.25) is 0 Å². The van der Waals surface area contributed by atoms with Crippen LogP contribution in [0.1, 0.15) is 297 Å². The summed E-state index contributed by atoms with van der Waals surface area (Å²) in [5.74, 6) is -0.845. The summed E-state index contributed by atoms with van der Waals surface area (Å²) < 4.78 is 16.8. The molecular formula is C52H100O6. The fraction of sp³-hybridized carbons (Fsp3) is 0.942. The Balaban J connectivity index is 4.20. The van der Waals surface area contributed by atoms with Gasteiger partial charge in [-0.15, -0.1) is 0 Å². The van der Waals surface area contributed by atoms with Crippen molar-refractivity contribution in [3.8, 4) is 0 Å². The first-order chi connectivity index (χ1) is 28.5. The lowest BCUT2D eigenvalue weighted by Crippen LogP contribution is -2.30. The molecule has 6 heteroatoms. The molecule has 0 saturated carbocycles. The first-order valence-corrected chi connectivity index (χ1v) is 26.0. The molecule has 1 atom stereocenters. The molecule has 0 saturated heterocycles. The maximum atomic E-state index is 12.7. The Morgan fingerprint density at radius 3 is 0.690 bits per heavy atom. The number of esters is 3. The Morgan fingerprint density at radius 2 is 0.466 bits per heavy atom. The van der Waals surface area contributed by atoms with Crippen LogP contribution < -0.4 is 0 Å². The first kappa shape index (κ1) is 56.4. The molecule has 0 heterocycles. The van der Waals surface area contributed by atoms with Gasteiger partial charge in [-0.3, -0.25) is 14.4 Å². The zero-order valence-corrected chi connectivity index (χ0v) is 39.3. The van der Waals surface area contributed by atoms with Gasteiger partial charge in [0.05, 0.1) is 0 Å². The highest BCUT2D eigenvalue weighted by Crippen LogP contribution is 2.17. The SMILES string of the molecule is CCCCCCCCCCCCCCCCCCCCCC(=O)OCC(COC(=O)CCCCCCCCCCC)OC(=O)CCCCCCCCCCCCCC. The van der Waals surface area contributed by atoms with Crippen molar-refractivity contribution in [1.29, 1.82) is 0 Å². The van der Waals surface area contributed by atoms with Gasteiger partial charge < -0.3 is 14.2 Å². The summed E-state index contributed by atoms with van der Waals surface area (Å²) in [6, 6.07) is 0. The molecule has 1 unspecified atom stereocenters. The van der Waals surface area contributed by atoms with Crippen molar-refractivity contribution in [2.24, 2.45) is 0 Å². The second-order valence-corrected chi connectivity index (χ2v) is 17.8. The normalized spacial score (nSPS) is 11.8. The molecule has 0 rings (SSSR count). The number of hydrogen-bond donors (Lipinski definition) is 0. The van der Waals surface area contributed by atoms with Crippen LogP contribution in [0.15, 0.2) is 0 Å². The smallest absolute Gasteiger partial charge is 0.306 e. The minimum atomic E-state index is -0.758. The molecular weight excluding hydrogens is 721 g/mol. The summed E-state index contributed by atoms with van der Waals surface area (Å²) in [5.41, 5.74) is 0. The van der Waals surface area contributed by atoms with E-state index in [0.29, 0.717) is 19.3 Å². The number of carbonyl (C=O) groups is 3. The summed E-state index contributed by atoms with van der Waals surface area (Å²) in [5, 5.41) is 0. The molecule has 344 valence electrons. The van der Waals surface area contributed by atoms with Gasteiger partial charge in [-0.25, -0.2) is 0 Å². The van der Waals surface area contributed by atoms with Crippen LogP contribution in [0.2, 0.25) is 0 Å². The largest absolute Gasteiger partial charge is 0.462 e. The van der Waals surface area contributed by atoms with Crippen LogP contribution in [0, 0.1) is 0 Å². The fourth-order valence-electron chi connectivity index (χ4n) is 7.92. The molecule has 0 radical (unpaired) electrons. The standard InChI is InChI=1S/C52H100O6/c1-4-7-10-13-16-19-21-23-24-25-26-27-28-29-31-33-36-39-42-45-51(54)57-48-49(47-56-50(53)44-41-38-35-32-18-15-12-9-6-3)58-52(55)46-43-40-37-34-30-22-20-17-14-11-8-5-2/h49H,4-48H2,1-3H3. The summed E-state index contributed by atoms with van der Waals surface area (Å²) in [7, 11) is 0. The summed E-state index contributed by atoms with van der Waals surface area (Å²) in [6.07, 6.45) is 50.9. The van der Waals surface area contributed by atoms with Gasteiger partial charge in [-0.2, -0.15) is 0 Å². The maximum absolute atomic E-state index is 12.7. The lowest BCUT2D eigenvalue weighted by Gasteiger charge is -2.18. The molecule has 0 aliphatic rings. The van der Waals surface area contributed by atoms with Crippen LogP contribution in [0.5, 0.6) is 0 Å². The van der Waals surface area contributed by atoms with Crippen LogP contribution in [0.3, 0.4) is 0 Å². The Hall–Kier alpha value is -1.59. The van der Waals surface area contributed by atoms with Crippen molar-refractivity contribution in [2.45, 2.75) is 303 Å². The lowest BCUT2D eigenvalue weighted by atomic mass is 10.0. The van der Waals surface area contributed by atoms with Crippen LogP contribution in [-0.4, -0.2) is 37.2 Å². The van der Waals surface area contributed by atoms with Crippen LogP contribution >= 0.6 is 0 Å². The molecule has 6 nitrogen and oxygen atoms in total. The highest BCUT2D eigenvalue weighted by molar-refractivity contribution is 5.71. The minimum absolute atomic E-state index is 0.0620. The molecule has 58 heavy (non-hydrogen) atoms. The lowest BCUT2D eigenvalue weighted by molar-refractivity contribution is -0.167. The van der Waals surface area contributed by atoms with Crippen LogP contribution in [-0.2, 0) is 28.6 Å². The average Bonchev–Trinajstić information content (AvgIpc) is 3.22. The van der Waals surface area contributed by atoms with Gasteiger partial charge in [0.25, 0.3) is 0 Å². The second-order valence-electron chi connectivity index (χ2n) is 17.8. The molecule has 0 aliphatic carbocycles. The number of unbranched alkanes of at least 4 members (excludes halogenated alkanes) is 37. The molecule has 0 spiro atoms. The van der Waals surface area contributed by atoms with Crippen LogP contribution in [0.4, 0.5) is 0 Å². The Kier molecular flexibility index (Phi) is 46.8. The summed E-state index contributed by atoms with van der Waals surface area (Å²) >= 11 is 0. The third kappa shape index (κ3) is 45.5. The number of hydrogen-bond acceptors (Lipinski definition) is 6. The van der Waals surface area contributed by atoms with E-state index in [2.05, 4.69) is 20.8 Å². The van der Waals surface area contributed by atoms with Crippen molar-refractivity contribution in [2.75, 3.05) is 13.2 Å². The molecule has 0 bridgehead atoms. The van der Waals surface area contributed by atoms with Crippen molar-refractivity contribution < 1.29 is 28.6 Å². The molecule has 0 N–H and O–H groups in total. The predicted octanol–water partition coefficient (Wildman–Crippen LogP) is 16.8. The van der Waals surface area contributed by atoms with Gasteiger partial charge in [-0.1, -0.05) is 258 Å². The molecule has 0 aliphatic heterocycles. The second kappa shape index (κ2) is 48.1.